The monoisotopic (exact) mass is 658 g/mol. The lowest BCUT2D eigenvalue weighted by Gasteiger charge is -2.27. The molecule has 0 saturated heterocycles. The molecule has 0 aliphatic rings. The Balaban J connectivity index is 0.000000254. The molecule has 2 aromatic carbocycles. The number of fused-ring (bicyclic) bond motifs is 2. The molecule has 0 aliphatic heterocycles. The highest BCUT2D eigenvalue weighted by molar-refractivity contribution is 7.85. The van der Waals surface area contributed by atoms with Gasteiger partial charge in [-0.15, -0.1) is 0 Å². The van der Waals surface area contributed by atoms with Crippen molar-refractivity contribution in [2.75, 3.05) is 32.6 Å². The maximum atomic E-state index is 12.5. The summed E-state index contributed by atoms with van der Waals surface area (Å²) in [6.45, 7) is 11.6. The van der Waals surface area contributed by atoms with E-state index in [1.165, 1.54) is 9.80 Å². The Bertz CT molecular complexity index is 1700. The van der Waals surface area contributed by atoms with Crippen LogP contribution < -0.4 is 0 Å². The van der Waals surface area contributed by atoms with Crippen molar-refractivity contribution in [3.8, 4) is 0 Å². The van der Waals surface area contributed by atoms with Crippen molar-refractivity contribution in [2.45, 2.75) is 65.8 Å². The molecular formula is C33H46N4O8S. The second-order valence-corrected chi connectivity index (χ2v) is 14.4. The Morgan fingerprint density at radius 2 is 1.17 bits per heavy atom. The number of H-pyrrole nitrogens is 2. The fourth-order valence-electron chi connectivity index (χ4n) is 4.52. The lowest BCUT2D eigenvalue weighted by atomic mass is 10.1. The van der Waals surface area contributed by atoms with Crippen molar-refractivity contribution in [1.29, 1.82) is 0 Å². The van der Waals surface area contributed by atoms with Crippen LogP contribution in [0.4, 0.5) is 9.59 Å². The maximum absolute atomic E-state index is 12.5. The molecule has 2 amide bonds. The molecule has 4 rings (SSSR count). The minimum Gasteiger partial charge on any atom is -0.444 e. The van der Waals surface area contributed by atoms with Gasteiger partial charge in [0.15, 0.2) is 0 Å². The molecule has 0 bridgehead atoms. The average Bonchev–Trinajstić information content (AvgIpc) is 3.61. The first-order valence-electron chi connectivity index (χ1n) is 15.0. The molecule has 46 heavy (non-hydrogen) atoms. The summed E-state index contributed by atoms with van der Waals surface area (Å²) in [7, 11) is -3.56. The van der Waals surface area contributed by atoms with Crippen LogP contribution in [0.25, 0.3) is 21.8 Å². The van der Waals surface area contributed by atoms with Crippen LogP contribution in [-0.2, 0) is 36.9 Å². The van der Waals surface area contributed by atoms with Gasteiger partial charge in [0, 0.05) is 25.5 Å². The number of benzene rings is 2. The molecule has 0 saturated carbocycles. The summed E-state index contributed by atoms with van der Waals surface area (Å²) in [6.07, 6.45) is 3.75. The van der Waals surface area contributed by atoms with E-state index in [9.17, 15) is 23.1 Å². The van der Waals surface area contributed by atoms with Crippen molar-refractivity contribution in [1.82, 2.24) is 19.8 Å². The van der Waals surface area contributed by atoms with E-state index in [0.29, 0.717) is 6.54 Å². The van der Waals surface area contributed by atoms with Crippen LogP contribution in [0, 0.1) is 0 Å². The average molecular weight is 659 g/mol. The Hall–Kier alpha value is -4.07. The molecule has 0 spiro atoms. The number of amides is 2. The number of aliphatic hydroxyl groups excluding tert-OH is 1. The highest BCUT2D eigenvalue weighted by Crippen LogP contribution is 2.21. The van der Waals surface area contributed by atoms with Crippen molar-refractivity contribution in [3.05, 3.63) is 72.1 Å². The van der Waals surface area contributed by atoms with Gasteiger partial charge >= 0.3 is 12.2 Å². The van der Waals surface area contributed by atoms with Crippen LogP contribution in [0.1, 0.15) is 52.7 Å². The maximum Gasteiger partial charge on any atom is 0.410 e. The third-order valence-electron chi connectivity index (χ3n) is 6.40. The molecule has 0 aliphatic carbocycles. The lowest BCUT2D eigenvalue weighted by molar-refractivity contribution is 0.0197. The number of carbonyl (C=O) groups is 2. The second-order valence-electron chi connectivity index (χ2n) is 12.8. The molecule has 0 unspecified atom stereocenters. The summed E-state index contributed by atoms with van der Waals surface area (Å²) in [5, 5.41) is 11.3. The molecule has 3 N–H and O–H groups in total. The lowest BCUT2D eigenvalue weighted by Crippen LogP contribution is -2.38. The molecule has 2 aromatic heterocycles. The molecule has 2 heterocycles. The standard InChI is InChI=1S/C17H24N2O5S.C16H22N2O3/c1-17(2,3)24-16(20)19(10-11-23-25(4,21)22)12-14-7-5-6-13-8-9-18-15(13)14;1-16(2,3)21-15(20)18(9-10-19)11-13-6-4-5-12-7-8-17-14(12)13/h5-9,18H,10-12H2,1-4H3;4-8,17,19H,9-11H2,1-3H3. The van der Waals surface area contributed by atoms with E-state index >= 15 is 0 Å². The van der Waals surface area contributed by atoms with Gasteiger partial charge in [-0.3, -0.25) is 4.18 Å². The topological polar surface area (TPSA) is 154 Å². The number of aromatic amines is 2. The molecule has 12 nitrogen and oxygen atoms in total. The van der Waals surface area contributed by atoms with E-state index in [4.69, 9.17) is 13.7 Å². The van der Waals surface area contributed by atoms with Crippen LogP contribution in [0.2, 0.25) is 0 Å². The normalized spacial score (nSPS) is 12.0. The number of aromatic nitrogens is 2. The van der Waals surface area contributed by atoms with Gasteiger partial charge in [-0.2, -0.15) is 8.42 Å². The zero-order chi connectivity index (χ0) is 34.1. The van der Waals surface area contributed by atoms with Gasteiger partial charge in [-0.1, -0.05) is 36.4 Å². The van der Waals surface area contributed by atoms with Crippen molar-refractivity contribution in [2.24, 2.45) is 0 Å². The van der Waals surface area contributed by atoms with E-state index in [1.54, 1.807) is 20.8 Å². The fraction of sp³-hybridized carbons (Fsp3) is 0.455. The molecular weight excluding hydrogens is 612 g/mol. The largest absolute Gasteiger partial charge is 0.444 e. The molecule has 13 heteroatoms. The van der Waals surface area contributed by atoms with Gasteiger partial charge in [-0.05, 0) is 75.6 Å². The van der Waals surface area contributed by atoms with E-state index in [-0.39, 0.29) is 32.8 Å². The smallest absolute Gasteiger partial charge is 0.410 e. The predicted molar refractivity (Wildman–Crippen MR) is 178 cm³/mol. The van der Waals surface area contributed by atoms with Gasteiger partial charge in [-0.25, -0.2) is 9.59 Å². The number of para-hydroxylation sites is 2. The van der Waals surface area contributed by atoms with E-state index in [2.05, 4.69) is 9.97 Å². The number of nitrogens with one attached hydrogen (secondary N) is 2. The third kappa shape index (κ3) is 11.7. The summed E-state index contributed by atoms with van der Waals surface area (Å²) in [6, 6.07) is 15.7. The summed E-state index contributed by atoms with van der Waals surface area (Å²) in [5.74, 6) is 0. The second kappa shape index (κ2) is 15.5. The molecule has 0 radical (unpaired) electrons. The fourth-order valence-corrected chi connectivity index (χ4v) is 4.89. The Kier molecular flexibility index (Phi) is 12.2. The van der Waals surface area contributed by atoms with Crippen LogP contribution in [0.5, 0.6) is 0 Å². The number of aliphatic hydroxyl groups is 1. The van der Waals surface area contributed by atoms with Crippen LogP contribution in [0.3, 0.4) is 0 Å². The summed E-state index contributed by atoms with van der Waals surface area (Å²) >= 11 is 0. The van der Waals surface area contributed by atoms with E-state index in [1.807, 2.05) is 81.7 Å². The molecule has 0 fully saturated rings. The first-order valence-corrected chi connectivity index (χ1v) is 16.8. The first-order chi connectivity index (χ1) is 21.5. The SMILES string of the molecule is CC(C)(C)OC(=O)N(CCO)Cc1cccc2cc[nH]c12.CC(C)(C)OC(=O)N(CCOS(C)(=O)=O)Cc1cccc2cc[nH]c12. The quantitative estimate of drug-likeness (QED) is 0.181. The first kappa shape index (κ1) is 36.4. The minimum absolute atomic E-state index is 0.0963. The molecule has 252 valence electrons. The van der Waals surface area contributed by atoms with Crippen molar-refractivity contribution in [3.63, 3.8) is 0 Å². The van der Waals surface area contributed by atoms with Gasteiger partial charge in [0.25, 0.3) is 10.1 Å². The summed E-state index contributed by atoms with van der Waals surface area (Å²) in [5.41, 5.74) is 2.64. The zero-order valence-corrected chi connectivity index (χ0v) is 28.4. The van der Waals surface area contributed by atoms with E-state index < -0.39 is 33.5 Å². The summed E-state index contributed by atoms with van der Waals surface area (Å²) < 4.78 is 37.9. The van der Waals surface area contributed by atoms with Gasteiger partial charge in [0.05, 0.1) is 43.6 Å². The Morgan fingerprint density at radius 1 is 0.739 bits per heavy atom. The Labute approximate surface area is 270 Å². The Morgan fingerprint density at radius 3 is 1.57 bits per heavy atom. The van der Waals surface area contributed by atoms with Crippen LogP contribution >= 0.6 is 0 Å². The predicted octanol–water partition coefficient (Wildman–Crippen LogP) is 5.78. The third-order valence-corrected chi connectivity index (χ3v) is 7.00. The highest BCUT2D eigenvalue weighted by atomic mass is 32.2. The number of ether oxygens (including phenoxy) is 2. The number of rotatable bonds is 10. The van der Waals surface area contributed by atoms with Crippen LogP contribution in [-0.4, -0.2) is 89.2 Å². The number of carbonyl (C=O) groups excluding carboxylic acids is 2. The van der Waals surface area contributed by atoms with Crippen molar-refractivity contribution < 1.29 is 36.8 Å². The van der Waals surface area contributed by atoms with Gasteiger partial charge in [0.2, 0.25) is 0 Å². The molecule has 0 atom stereocenters. The van der Waals surface area contributed by atoms with Crippen molar-refractivity contribution >= 4 is 44.1 Å². The highest BCUT2D eigenvalue weighted by Gasteiger charge is 2.24. The number of hydrogen-bond donors (Lipinski definition) is 3. The minimum atomic E-state index is -3.56. The van der Waals surface area contributed by atoms with E-state index in [0.717, 1.165) is 39.2 Å². The summed E-state index contributed by atoms with van der Waals surface area (Å²) in [4.78, 5) is 34.0. The number of hydrogen-bond acceptors (Lipinski definition) is 8. The van der Waals surface area contributed by atoms with Gasteiger partial charge < -0.3 is 34.3 Å². The van der Waals surface area contributed by atoms with Crippen LogP contribution in [0.15, 0.2) is 60.9 Å². The number of nitrogens with zero attached hydrogens (tertiary/aromatic N) is 2. The van der Waals surface area contributed by atoms with Gasteiger partial charge in [0.1, 0.15) is 11.2 Å². The zero-order valence-electron chi connectivity index (χ0n) is 27.6. The molecule has 4 aromatic rings.